The summed E-state index contributed by atoms with van der Waals surface area (Å²) in [4.78, 5) is 21.2. The van der Waals surface area contributed by atoms with Crippen LogP contribution in [0.4, 0.5) is 0 Å². The fourth-order valence-electron chi connectivity index (χ4n) is 2.79. The van der Waals surface area contributed by atoms with Gasteiger partial charge < -0.3 is 14.1 Å². The molecule has 0 saturated carbocycles. The van der Waals surface area contributed by atoms with Gasteiger partial charge in [-0.15, -0.1) is 0 Å². The van der Waals surface area contributed by atoms with Gasteiger partial charge in [0.05, 0.1) is 12.6 Å². The highest BCUT2D eigenvalue weighted by Gasteiger charge is 2.28. The van der Waals surface area contributed by atoms with Gasteiger partial charge >= 0.3 is 0 Å². The molecular formula is C16H21N3O3. The van der Waals surface area contributed by atoms with Crippen molar-refractivity contribution in [1.29, 1.82) is 0 Å². The Balaban J connectivity index is 1.77. The third-order valence-corrected chi connectivity index (χ3v) is 4.01. The Bertz CT molecular complexity index is 707. The Hall–Kier alpha value is -1.92. The van der Waals surface area contributed by atoms with Crippen molar-refractivity contribution < 1.29 is 9.15 Å². The first-order valence-electron chi connectivity index (χ1n) is 7.53. The second-order valence-corrected chi connectivity index (χ2v) is 5.75. The lowest BCUT2D eigenvalue weighted by Gasteiger charge is -2.35. The zero-order valence-electron chi connectivity index (χ0n) is 13.1. The van der Waals surface area contributed by atoms with E-state index >= 15 is 0 Å². The molecule has 3 rings (SSSR count). The number of aromatic amines is 1. The van der Waals surface area contributed by atoms with Crippen molar-refractivity contribution in [3.63, 3.8) is 0 Å². The summed E-state index contributed by atoms with van der Waals surface area (Å²) in [6, 6.07) is 5.43. The summed E-state index contributed by atoms with van der Waals surface area (Å²) in [7, 11) is 0. The number of ether oxygens (including phenoxy) is 1. The number of rotatable bonds is 3. The largest absolute Gasteiger partial charge is 0.464 e. The number of hydrogen-bond donors (Lipinski definition) is 1. The number of H-pyrrole nitrogens is 1. The van der Waals surface area contributed by atoms with Gasteiger partial charge in [-0.25, -0.2) is 4.98 Å². The average Bonchev–Trinajstić information content (AvgIpc) is 2.92. The minimum Gasteiger partial charge on any atom is -0.464 e. The molecule has 2 aromatic heterocycles. The van der Waals surface area contributed by atoms with E-state index in [0.717, 1.165) is 23.8 Å². The fourth-order valence-corrected chi connectivity index (χ4v) is 2.79. The lowest BCUT2D eigenvalue weighted by molar-refractivity contribution is -0.0535. The summed E-state index contributed by atoms with van der Waals surface area (Å²) in [5.41, 5.74) is 0.623. The lowest BCUT2D eigenvalue weighted by atomic mass is 10.1. The Morgan fingerprint density at radius 3 is 2.91 bits per heavy atom. The molecule has 22 heavy (non-hydrogen) atoms. The summed E-state index contributed by atoms with van der Waals surface area (Å²) in [5, 5.41) is 0. The van der Waals surface area contributed by atoms with Gasteiger partial charge in [0.1, 0.15) is 23.4 Å². The third-order valence-electron chi connectivity index (χ3n) is 4.01. The van der Waals surface area contributed by atoms with E-state index in [9.17, 15) is 4.79 Å². The monoisotopic (exact) mass is 303 g/mol. The number of aryl methyl sites for hydroxylation is 2. The van der Waals surface area contributed by atoms with Gasteiger partial charge in [0.25, 0.3) is 5.56 Å². The molecule has 1 saturated heterocycles. The summed E-state index contributed by atoms with van der Waals surface area (Å²) < 4.78 is 11.5. The maximum Gasteiger partial charge on any atom is 0.251 e. The van der Waals surface area contributed by atoms with Gasteiger partial charge in [0.2, 0.25) is 0 Å². The van der Waals surface area contributed by atoms with Crippen LogP contribution in [-0.4, -0.2) is 34.6 Å². The molecule has 6 nitrogen and oxygen atoms in total. The molecule has 1 fully saturated rings. The standard InChI is InChI=1S/C16H21N3O3/c1-10-8-15(20)18-16(17-10)12(3)19-6-7-21-14(9-19)13-5-4-11(2)22-13/h4-5,8,12,14H,6-7,9H2,1-3H3,(H,17,18,20)/t12-,14+/m1/s1. The van der Waals surface area contributed by atoms with Crippen LogP contribution in [0.3, 0.4) is 0 Å². The molecule has 118 valence electrons. The average molecular weight is 303 g/mol. The number of furan rings is 1. The topological polar surface area (TPSA) is 71.4 Å². The van der Waals surface area contributed by atoms with Gasteiger partial charge in [-0.1, -0.05) is 0 Å². The van der Waals surface area contributed by atoms with Gasteiger partial charge in [-0.05, 0) is 32.9 Å². The number of hydrogen-bond acceptors (Lipinski definition) is 5. The quantitative estimate of drug-likeness (QED) is 0.940. The van der Waals surface area contributed by atoms with Crippen LogP contribution < -0.4 is 5.56 Å². The Kier molecular flexibility index (Phi) is 4.13. The second-order valence-electron chi connectivity index (χ2n) is 5.75. The van der Waals surface area contributed by atoms with Crippen molar-refractivity contribution in [2.45, 2.75) is 32.9 Å². The molecule has 1 aliphatic rings. The van der Waals surface area contributed by atoms with Crippen molar-refractivity contribution >= 4 is 0 Å². The number of aromatic nitrogens is 2. The molecule has 6 heteroatoms. The maximum atomic E-state index is 11.6. The van der Waals surface area contributed by atoms with Crippen LogP contribution in [0.5, 0.6) is 0 Å². The molecule has 0 spiro atoms. The highest BCUT2D eigenvalue weighted by atomic mass is 16.5. The summed E-state index contributed by atoms with van der Waals surface area (Å²) in [6.45, 7) is 7.95. The Labute approximate surface area is 129 Å². The van der Waals surface area contributed by atoms with Gasteiger partial charge in [0.15, 0.2) is 0 Å². The SMILES string of the molecule is Cc1cc(=O)[nH]c([C@@H](C)N2CCO[C@H](c3ccc(C)o3)C2)n1. The molecule has 0 aromatic carbocycles. The zero-order valence-corrected chi connectivity index (χ0v) is 13.1. The van der Waals surface area contributed by atoms with E-state index in [4.69, 9.17) is 9.15 Å². The first kappa shape index (κ1) is 15.0. The molecule has 1 N–H and O–H groups in total. The van der Waals surface area contributed by atoms with Crippen molar-refractivity contribution in [3.05, 3.63) is 51.6 Å². The molecule has 0 radical (unpaired) electrons. The molecule has 0 bridgehead atoms. The van der Waals surface area contributed by atoms with Crippen molar-refractivity contribution in [1.82, 2.24) is 14.9 Å². The van der Waals surface area contributed by atoms with Crippen LogP contribution in [0.2, 0.25) is 0 Å². The second kappa shape index (κ2) is 6.06. The maximum absolute atomic E-state index is 11.6. The minimum atomic E-state index is -0.110. The van der Waals surface area contributed by atoms with E-state index in [-0.39, 0.29) is 17.7 Å². The Morgan fingerprint density at radius 1 is 1.41 bits per heavy atom. The molecule has 2 atom stereocenters. The molecule has 0 aliphatic carbocycles. The predicted molar refractivity (Wildman–Crippen MR) is 81.7 cm³/mol. The highest BCUT2D eigenvalue weighted by molar-refractivity contribution is 5.10. The summed E-state index contributed by atoms with van der Waals surface area (Å²) in [5.74, 6) is 2.43. The molecule has 2 aromatic rings. The molecule has 0 unspecified atom stereocenters. The number of morpholine rings is 1. The Morgan fingerprint density at radius 2 is 2.23 bits per heavy atom. The number of nitrogens with one attached hydrogen (secondary N) is 1. The van der Waals surface area contributed by atoms with Gasteiger partial charge in [-0.2, -0.15) is 0 Å². The van der Waals surface area contributed by atoms with Crippen LogP contribution in [0.15, 0.2) is 27.4 Å². The first-order chi connectivity index (χ1) is 10.5. The molecular weight excluding hydrogens is 282 g/mol. The summed E-state index contributed by atoms with van der Waals surface area (Å²) in [6.07, 6.45) is -0.0820. The zero-order chi connectivity index (χ0) is 15.7. The summed E-state index contributed by atoms with van der Waals surface area (Å²) >= 11 is 0. The molecule has 3 heterocycles. The lowest BCUT2D eigenvalue weighted by Crippen LogP contribution is -2.40. The first-order valence-corrected chi connectivity index (χ1v) is 7.53. The van der Waals surface area contributed by atoms with Crippen LogP contribution in [0.25, 0.3) is 0 Å². The predicted octanol–water partition coefficient (Wildman–Crippen LogP) is 2.11. The smallest absolute Gasteiger partial charge is 0.251 e. The van der Waals surface area contributed by atoms with E-state index in [2.05, 4.69) is 14.9 Å². The van der Waals surface area contributed by atoms with Crippen molar-refractivity contribution in [2.75, 3.05) is 19.7 Å². The van der Waals surface area contributed by atoms with Crippen LogP contribution in [0.1, 0.15) is 42.1 Å². The van der Waals surface area contributed by atoms with E-state index in [1.165, 1.54) is 6.07 Å². The van der Waals surface area contributed by atoms with Gasteiger partial charge in [-0.3, -0.25) is 9.69 Å². The van der Waals surface area contributed by atoms with E-state index < -0.39 is 0 Å². The van der Waals surface area contributed by atoms with Crippen LogP contribution in [0, 0.1) is 13.8 Å². The van der Waals surface area contributed by atoms with Gasteiger partial charge in [0, 0.05) is 24.8 Å². The molecule has 1 aliphatic heterocycles. The highest BCUT2D eigenvalue weighted by Crippen LogP contribution is 2.28. The van der Waals surface area contributed by atoms with E-state index in [1.54, 1.807) is 0 Å². The van der Waals surface area contributed by atoms with E-state index in [0.29, 0.717) is 19.0 Å². The molecule has 0 amide bonds. The fraction of sp³-hybridized carbons (Fsp3) is 0.500. The third kappa shape index (κ3) is 3.13. The minimum absolute atomic E-state index is 0.0232. The van der Waals surface area contributed by atoms with Crippen molar-refractivity contribution in [3.8, 4) is 0 Å². The normalized spacial score (nSPS) is 21.0. The van der Waals surface area contributed by atoms with Crippen LogP contribution in [-0.2, 0) is 4.74 Å². The van der Waals surface area contributed by atoms with Crippen molar-refractivity contribution in [2.24, 2.45) is 0 Å². The van der Waals surface area contributed by atoms with E-state index in [1.807, 2.05) is 32.9 Å². The van der Waals surface area contributed by atoms with Crippen LogP contribution >= 0.6 is 0 Å². The number of nitrogens with zero attached hydrogens (tertiary/aromatic N) is 2.